The molecular formula is C6H16N+. The molecule has 0 saturated heterocycles. The molecule has 0 aromatic carbocycles. The zero-order valence-electron chi connectivity index (χ0n) is 6.00. The average molecular weight is 102 g/mol. The largest absolute Gasteiger partial charge is 0.336 e. The Labute approximate surface area is 46.3 Å². The van der Waals surface area contributed by atoms with E-state index in [9.17, 15) is 0 Å². The van der Waals surface area contributed by atoms with E-state index in [2.05, 4.69) is 34.9 Å². The highest BCUT2D eigenvalue weighted by Crippen LogP contribution is 1.88. The summed E-state index contributed by atoms with van der Waals surface area (Å²) in [4.78, 5) is 1.49. The first-order valence-corrected chi connectivity index (χ1v) is 2.75. The predicted octanol–water partition coefficient (Wildman–Crippen LogP) is -0.0706. The van der Waals surface area contributed by atoms with E-state index in [0.29, 0.717) is 5.54 Å². The third kappa shape index (κ3) is 2.63. The summed E-state index contributed by atoms with van der Waals surface area (Å²) in [7, 11) is 4.33. The highest BCUT2D eigenvalue weighted by Gasteiger charge is 2.15. The molecule has 0 spiro atoms. The van der Waals surface area contributed by atoms with Gasteiger partial charge in [-0.15, -0.1) is 0 Å². The molecule has 0 aliphatic rings. The fourth-order valence-corrected chi connectivity index (χ4v) is 0. The Morgan fingerprint density at radius 2 is 1.14 bits per heavy atom. The van der Waals surface area contributed by atoms with Gasteiger partial charge in [0.25, 0.3) is 0 Å². The van der Waals surface area contributed by atoms with Crippen molar-refractivity contribution in [2.75, 3.05) is 14.1 Å². The Morgan fingerprint density at radius 1 is 1.00 bits per heavy atom. The van der Waals surface area contributed by atoms with Crippen LogP contribution in [0.1, 0.15) is 20.8 Å². The summed E-state index contributed by atoms with van der Waals surface area (Å²) in [5.41, 5.74) is 0.417. The normalized spacial score (nSPS) is 12.9. The number of hydrogen-bond donors (Lipinski definition) is 1. The Balaban J connectivity index is 3.54. The molecule has 0 radical (unpaired) electrons. The minimum absolute atomic E-state index is 0.417. The van der Waals surface area contributed by atoms with Crippen molar-refractivity contribution in [3.05, 3.63) is 0 Å². The van der Waals surface area contributed by atoms with Gasteiger partial charge >= 0.3 is 0 Å². The standard InChI is InChI=1S/C6H15N/c1-6(2,3)7(4)5/h1-5H3/p+1. The highest BCUT2D eigenvalue weighted by molar-refractivity contribution is 4.52. The molecule has 1 nitrogen and oxygen atoms in total. The molecule has 0 unspecified atom stereocenters. The summed E-state index contributed by atoms with van der Waals surface area (Å²) in [6, 6.07) is 0. The number of quaternary nitrogens is 1. The van der Waals surface area contributed by atoms with E-state index in [1.165, 1.54) is 4.90 Å². The molecule has 0 atom stereocenters. The van der Waals surface area contributed by atoms with Crippen LogP contribution in [0.15, 0.2) is 0 Å². The summed E-state index contributed by atoms with van der Waals surface area (Å²) in [5.74, 6) is 0. The van der Waals surface area contributed by atoms with Gasteiger partial charge in [-0.3, -0.25) is 0 Å². The third-order valence-electron chi connectivity index (χ3n) is 1.50. The van der Waals surface area contributed by atoms with Crippen molar-refractivity contribution in [2.45, 2.75) is 26.3 Å². The lowest BCUT2D eigenvalue weighted by molar-refractivity contribution is -0.908. The van der Waals surface area contributed by atoms with Crippen molar-refractivity contribution in [1.29, 1.82) is 0 Å². The third-order valence-corrected chi connectivity index (χ3v) is 1.50. The van der Waals surface area contributed by atoms with Crippen molar-refractivity contribution in [2.24, 2.45) is 0 Å². The SMILES string of the molecule is C[NH+](C)C(C)(C)C. The molecule has 1 heteroatoms. The van der Waals surface area contributed by atoms with Crippen LogP contribution in [0.5, 0.6) is 0 Å². The Kier molecular flexibility index (Phi) is 1.82. The van der Waals surface area contributed by atoms with Crippen molar-refractivity contribution >= 4 is 0 Å². The maximum atomic E-state index is 2.22. The van der Waals surface area contributed by atoms with E-state index in [1.54, 1.807) is 0 Å². The summed E-state index contributed by atoms with van der Waals surface area (Å²) in [6.45, 7) is 6.67. The van der Waals surface area contributed by atoms with Crippen LogP contribution in [0.2, 0.25) is 0 Å². The van der Waals surface area contributed by atoms with Crippen LogP contribution in [0.25, 0.3) is 0 Å². The summed E-state index contributed by atoms with van der Waals surface area (Å²) in [5, 5.41) is 0. The molecule has 1 N–H and O–H groups in total. The van der Waals surface area contributed by atoms with E-state index in [-0.39, 0.29) is 0 Å². The van der Waals surface area contributed by atoms with Gasteiger partial charge in [-0.05, 0) is 20.8 Å². The van der Waals surface area contributed by atoms with Gasteiger partial charge in [0.15, 0.2) is 0 Å². The van der Waals surface area contributed by atoms with Crippen molar-refractivity contribution in [3.63, 3.8) is 0 Å². The lowest BCUT2D eigenvalue weighted by Crippen LogP contribution is -3.13. The summed E-state index contributed by atoms with van der Waals surface area (Å²) < 4.78 is 0. The van der Waals surface area contributed by atoms with E-state index in [4.69, 9.17) is 0 Å². The van der Waals surface area contributed by atoms with Crippen LogP contribution in [0.3, 0.4) is 0 Å². The molecule has 0 heterocycles. The zero-order chi connectivity index (χ0) is 6.08. The molecule has 7 heavy (non-hydrogen) atoms. The van der Waals surface area contributed by atoms with Gasteiger partial charge in [0.2, 0.25) is 0 Å². The second-order valence-corrected chi connectivity index (χ2v) is 3.25. The van der Waals surface area contributed by atoms with Crippen LogP contribution in [0.4, 0.5) is 0 Å². The minimum Gasteiger partial charge on any atom is -0.336 e. The summed E-state index contributed by atoms with van der Waals surface area (Å²) >= 11 is 0. The Hall–Kier alpha value is -0.0400. The molecule has 44 valence electrons. The second-order valence-electron chi connectivity index (χ2n) is 3.25. The molecule has 0 bridgehead atoms. The zero-order valence-corrected chi connectivity index (χ0v) is 6.00. The van der Waals surface area contributed by atoms with Crippen LogP contribution in [-0.4, -0.2) is 19.6 Å². The first kappa shape index (κ1) is 6.96. The van der Waals surface area contributed by atoms with Gasteiger partial charge in [-0.25, -0.2) is 0 Å². The molecule has 0 aromatic rings. The molecule has 0 saturated carbocycles. The van der Waals surface area contributed by atoms with E-state index >= 15 is 0 Å². The Bertz CT molecular complexity index is 49.7. The molecule has 0 amide bonds. The topological polar surface area (TPSA) is 4.44 Å². The van der Waals surface area contributed by atoms with Crippen LogP contribution < -0.4 is 4.90 Å². The maximum Gasteiger partial charge on any atom is 0.0887 e. The molecule has 0 aliphatic carbocycles. The van der Waals surface area contributed by atoms with Crippen LogP contribution in [-0.2, 0) is 0 Å². The van der Waals surface area contributed by atoms with Crippen molar-refractivity contribution in [3.8, 4) is 0 Å². The van der Waals surface area contributed by atoms with E-state index < -0.39 is 0 Å². The fraction of sp³-hybridized carbons (Fsp3) is 1.00. The van der Waals surface area contributed by atoms with Gasteiger partial charge in [-0.1, -0.05) is 0 Å². The molecule has 0 fully saturated rings. The lowest BCUT2D eigenvalue weighted by Gasteiger charge is -2.23. The molecular weight excluding hydrogens is 86.1 g/mol. The van der Waals surface area contributed by atoms with Gasteiger partial charge in [0.1, 0.15) is 0 Å². The van der Waals surface area contributed by atoms with Gasteiger partial charge < -0.3 is 4.90 Å². The first-order valence-electron chi connectivity index (χ1n) is 2.75. The Morgan fingerprint density at radius 3 is 1.14 bits per heavy atom. The quantitative estimate of drug-likeness (QED) is 0.436. The van der Waals surface area contributed by atoms with E-state index in [0.717, 1.165) is 0 Å². The maximum absolute atomic E-state index is 2.22. The fourth-order valence-electron chi connectivity index (χ4n) is 0. The highest BCUT2D eigenvalue weighted by atomic mass is 15.1. The minimum atomic E-state index is 0.417. The van der Waals surface area contributed by atoms with Crippen LogP contribution in [0, 0.1) is 0 Å². The molecule has 0 aliphatic heterocycles. The van der Waals surface area contributed by atoms with Crippen molar-refractivity contribution < 1.29 is 4.90 Å². The van der Waals surface area contributed by atoms with Crippen LogP contribution >= 0.6 is 0 Å². The van der Waals surface area contributed by atoms with Gasteiger partial charge in [0, 0.05) is 0 Å². The van der Waals surface area contributed by atoms with Gasteiger partial charge in [-0.2, -0.15) is 0 Å². The predicted molar refractivity (Wildman–Crippen MR) is 32.6 cm³/mol. The number of nitrogens with one attached hydrogen (secondary N) is 1. The van der Waals surface area contributed by atoms with Crippen molar-refractivity contribution in [1.82, 2.24) is 0 Å². The number of rotatable bonds is 0. The number of hydrogen-bond acceptors (Lipinski definition) is 0. The molecule has 0 aromatic heterocycles. The second kappa shape index (κ2) is 1.83. The molecule has 0 rings (SSSR count). The smallest absolute Gasteiger partial charge is 0.0887 e. The summed E-state index contributed by atoms with van der Waals surface area (Å²) in [6.07, 6.45) is 0. The van der Waals surface area contributed by atoms with E-state index in [1.807, 2.05) is 0 Å². The lowest BCUT2D eigenvalue weighted by atomic mass is 10.1. The first-order chi connectivity index (χ1) is 2.94. The average Bonchev–Trinajstić information content (AvgIpc) is 1.31. The van der Waals surface area contributed by atoms with Gasteiger partial charge in [0.05, 0.1) is 19.6 Å². The monoisotopic (exact) mass is 102 g/mol.